The highest BCUT2D eigenvalue weighted by Gasteiger charge is 2.31. The van der Waals surface area contributed by atoms with E-state index in [1.54, 1.807) is 43.3 Å². The van der Waals surface area contributed by atoms with Gasteiger partial charge in [0.2, 0.25) is 5.91 Å². The molecular formula is C16H22ClN3O4. The number of anilines is 1. The molecule has 0 spiro atoms. The standard InChI is InChI=1S/C16H21N3O4.ClH/c1-18(2)15(21)11-5-3-6-12(9-11)17-14(20)10-19-8-4-7-13(19)16(22)23;/h3,5-6,9,13H,4,7-8,10H2,1-2H3,(H,17,20)(H,22,23);1H. The third-order valence-electron chi connectivity index (χ3n) is 3.79. The van der Waals surface area contributed by atoms with Gasteiger partial charge in [0.15, 0.2) is 0 Å². The number of nitrogens with one attached hydrogen (secondary N) is 1. The summed E-state index contributed by atoms with van der Waals surface area (Å²) in [6, 6.07) is 6.09. The number of carbonyl (C=O) groups is 3. The molecular weight excluding hydrogens is 334 g/mol. The molecule has 1 aromatic carbocycles. The van der Waals surface area contributed by atoms with Crippen molar-refractivity contribution in [3.63, 3.8) is 0 Å². The molecule has 2 rings (SSSR count). The maximum absolute atomic E-state index is 12.1. The first-order valence-electron chi connectivity index (χ1n) is 7.47. The van der Waals surface area contributed by atoms with Crippen molar-refractivity contribution in [3.8, 4) is 0 Å². The first-order valence-corrected chi connectivity index (χ1v) is 7.47. The second-order valence-corrected chi connectivity index (χ2v) is 5.80. The minimum absolute atomic E-state index is 0. The number of hydrogen-bond donors (Lipinski definition) is 2. The average molecular weight is 356 g/mol. The monoisotopic (exact) mass is 355 g/mol. The van der Waals surface area contributed by atoms with Gasteiger partial charge in [-0.05, 0) is 37.6 Å². The fraction of sp³-hybridized carbons (Fsp3) is 0.438. The SMILES string of the molecule is CN(C)C(=O)c1cccc(NC(=O)CN2CCCC2C(=O)O)c1.Cl. The Morgan fingerprint density at radius 2 is 2.04 bits per heavy atom. The lowest BCUT2D eigenvalue weighted by molar-refractivity contribution is -0.142. The number of carbonyl (C=O) groups excluding carboxylic acids is 2. The van der Waals surface area contributed by atoms with Crippen molar-refractivity contribution in [2.45, 2.75) is 18.9 Å². The van der Waals surface area contributed by atoms with Gasteiger partial charge in [0, 0.05) is 25.3 Å². The van der Waals surface area contributed by atoms with Crippen LogP contribution in [0.4, 0.5) is 5.69 Å². The molecule has 7 nitrogen and oxygen atoms in total. The molecule has 1 fully saturated rings. The molecule has 0 radical (unpaired) electrons. The zero-order chi connectivity index (χ0) is 17.0. The van der Waals surface area contributed by atoms with Crippen LogP contribution in [-0.2, 0) is 9.59 Å². The van der Waals surface area contributed by atoms with Crippen LogP contribution in [0.2, 0.25) is 0 Å². The van der Waals surface area contributed by atoms with Gasteiger partial charge in [-0.15, -0.1) is 12.4 Å². The molecule has 1 atom stereocenters. The zero-order valence-electron chi connectivity index (χ0n) is 13.7. The molecule has 8 heteroatoms. The summed E-state index contributed by atoms with van der Waals surface area (Å²) in [6.07, 6.45) is 1.34. The van der Waals surface area contributed by atoms with Crippen LogP contribution in [0, 0.1) is 0 Å². The third kappa shape index (κ3) is 4.94. The molecule has 1 saturated heterocycles. The van der Waals surface area contributed by atoms with E-state index in [-0.39, 0.29) is 30.8 Å². The van der Waals surface area contributed by atoms with E-state index >= 15 is 0 Å². The molecule has 2 amide bonds. The number of halogens is 1. The van der Waals surface area contributed by atoms with Crippen molar-refractivity contribution in [1.29, 1.82) is 0 Å². The summed E-state index contributed by atoms with van der Waals surface area (Å²) in [5, 5.41) is 11.8. The summed E-state index contributed by atoms with van der Waals surface area (Å²) in [6.45, 7) is 0.631. The lowest BCUT2D eigenvalue weighted by Gasteiger charge is -2.20. The molecule has 1 heterocycles. The van der Waals surface area contributed by atoms with Gasteiger partial charge in [0.25, 0.3) is 5.91 Å². The summed E-state index contributed by atoms with van der Waals surface area (Å²) >= 11 is 0. The van der Waals surface area contributed by atoms with Crippen LogP contribution in [0.3, 0.4) is 0 Å². The number of nitrogens with zero attached hydrogens (tertiary/aromatic N) is 2. The maximum Gasteiger partial charge on any atom is 0.320 e. The Morgan fingerprint density at radius 3 is 2.67 bits per heavy atom. The van der Waals surface area contributed by atoms with Gasteiger partial charge in [0.1, 0.15) is 6.04 Å². The highest BCUT2D eigenvalue weighted by Crippen LogP contribution is 2.17. The van der Waals surface area contributed by atoms with Crippen molar-refractivity contribution >= 4 is 35.9 Å². The number of amides is 2. The maximum atomic E-state index is 12.1. The minimum atomic E-state index is -0.895. The Kier molecular flexibility index (Phi) is 7.18. The van der Waals surface area contributed by atoms with Crippen LogP contribution in [0.25, 0.3) is 0 Å². The number of aliphatic carboxylic acids is 1. The number of benzene rings is 1. The highest BCUT2D eigenvalue weighted by atomic mass is 35.5. The van der Waals surface area contributed by atoms with E-state index in [9.17, 15) is 14.4 Å². The van der Waals surface area contributed by atoms with Gasteiger partial charge in [-0.2, -0.15) is 0 Å². The first kappa shape index (κ1) is 19.9. The van der Waals surface area contributed by atoms with Crippen molar-refractivity contribution in [3.05, 3.63) is 29.8 Å². The Hall–Kier alpha value is -2.12. The van der Waals surface area contributed by atoms with Gasteiger partial charge in [-0.3, -0.25) is 19.3 Å². The summed E-state index contributed by atoms with van der Waals surface area (Å²) in [5.41, 5.74) is 1.01. The Balaban J connectivity index is 0.00000288. The van der Waals surface area contributed by atoms with Gasteiger partial charge >= 0.3 is 5.97 Å². The molecule has 2 N–H and O–H groups in total. The zero-order valence-corrected chi connectivity index (χ0v) is 14.5. The lowest BCUT2D eigenvalue weighted by Crippen LogP contribution is -2.40. The van der Waals surface area contributed by atoms with E-state index in [1.807, 2.05) is 0 Å². The molecule has 1 aliphatic rings. The smallest absolute Gasteiger partial charge is 0.320 e. The molecule has 1 aromatic rings. The molecule has 0 aromatic heterocycles. The van der Waals surface area contributed by atoms with Crippen LogP contribution in [-0.4, -0.2) is 65.9 Å². The van der Waals surface area contributed by atoms with Crippen LogP contribution < -0.4 is 5.32 Å². The summed E-state index contributed by atoms with van der Waals surface area (Å²) in [4.78, 5) is 38.3. The predicted octanol–water partition coefficient (Wildman–Crippen LogP) is 1.30. The highest BCUT2D eigenvalue weighted by molar-refractivity contribution is 5.97. The van der Waals surface area contributed by atoms with Crippen molar-refractivity contribution in [1.82, 2.24) is 9.80 Å². The molecule has 0 saturated carbocycles. The Bertz CT molecular complexity index is 621. The van der Waals surface area contributed by atoms with Crippen molar-refractivity contribution in [2.24, 2.45) is 0 Å². The molecule has 0 aliphatic carbocycles. The number of likely N-dealkylation sites (tertiary alicyclic amines) is 1. The Morgan fingerprint density at radius 1 is 1.33 bits per heavy atom. The van der Waals surface area contributed by atoms with E-state index < -0.39 is 12.0 Å². The van der Waals surface area contributed by atoms with Crippen LogP contribution >= 0.6 is 12.4 Å². The number of hydrogen-bond acceptors (Lipinski definition) is 4. The molecule has 1 unspecified atom stereocenters. The average Bonchev–Trinajstić information content (AvgIpc) is 2.94. The van der Waals surface area contributed by atoms with E-state index in [4.69, 9.17) is 5.11 Å². The van der Waals surface area contributed by atoms with Gasteiger partial charge in [0.05, 0.1) is 6.54 Å². The van der Waals surface area contributed by atoms with E-state index in [2.05, 4.69) is 5.32 Å². The summed E-state index contributed by atoms with van der Waals surface area (Å²) in [7, 11) is 3.32. The van der Waals surface area contributed by atoms with Crippen LogP contribution in [0.15, 0.2) is 24.3 Å². The number of rotatable bonds is 5. The van der Waals surface area contributed by atoms with Gasteiger partial charge in [-0.25, -0.2) is 0 Å². The first-order chi connectivity index (χ1) is 10.9. The van der Waals surface area contributed by atoms with E-state index in [0.29, 0.717) is 24.2 Å². The second kappa shape index (κ2) is 8.65. The van der Waals surface area contributed by atoms with Gasteiger partial charge < -0.3 is 15.3 Å². The van der Waals surface area contributed by atoms with E-state index in [1.165, 1.54) is 4.90 Å². The quantitative estimate of drug-likeness (QED) is 0.830. The lowest BCUT2D eigenvalue weighted by atomic mass is 10.2. The largest absolute Gasteiger partial charge is 0.480 e. The van der Waals surface area contributed by atoms with Gasteiger partial charge in [-0.1, -0.05) is 6.07 Å². The minimum Gasteiger partial charge on any atom is -0.480 e. The fourth-order valence-electron chi connectivity index (χ4n) is 2.67. The van der Waals surface area contributed by atoms with Crippen LogP contribution in [0.5, 0.6) is 0 Å². The number of carboxylic acids is 1. The van der Waals surface area contributed by atoms with Crippen molar-refractivity contribution < 1.29 is 19.5 Å². The molecule has 0 bridgehead atoms. The molecule has 24 heavy (non-hydrogen) atoms. The van der Waals surface area contributed by atoms with Crippen LogP contribution in [0.1, 0.15) is 23.2 Å². The van der Waals surface area contributed by atoms with Crippen molar-refractivity contribution in [2.75, 3.05) is 32.5 Å². The normalized spacial score (nSPS) is 17.0. The summed E-state index contributed by atoms with van der Waals surface area (Å²) < 4.78 is 0. The topological polar surface area (TPSA) is 90.0 Å². The Labute approximate surface area is 147 Å². The second-order valence-electron chi connectivity index (χ2n) is 5.80. The predicted molar refractivity (Wildman–Crippen MR) is 92.6 cm³/mol. The number of carboxylic acid groups (broad SMARTS) is 1. The van der Waals surface area contributed by atoms with E-state index in [0.717, 1.165) is 6.42 Å². The fourth-order valence-corrected chi connectivity index (χ4v) is 2.67. The molecule has 132 valence electrons. The summed E-state index contributed by atoms with van der Waals surface area (Å²) in [5.74, 6) is -1.33. The molecule has 1 aliphatic heterocycles. The third-order valence-corrected chi connectivity index (χ3v) is 3.79.